The number of hydrogen-bond donors (Lipinski definition) is 1. The number of nitrogens with zero attached hydrogens (tertiary/aromatic N) is 1. The normalized spacial score (nSPS) is 25.1. The lowest BCUT2D eigenvalue weighted by molar-refractivity contribution is -0.213. The summed E-state index contributed by atoms with van der Waals surface area (Å²) in [5.74, 6) is -0.329. The van der Waals surface area contributed by atoms with E-state index in [0.717, 1.165) is 25.9 Å². The van der Waals surface area contributed by atoms with Crippen LogP contribution in [0.15, 0.2) is 0 Å². The number of carbonyl (C=O) groups excluding carboxylic acids is 2. The second-order valence-corrected chi connectivity index (χ2v) is 6.67. The van der Waals surface area contributed by atoms with E-state index < -0.39 is 10.8 Å². The van der Waals surface area contributed by atoms with Crippen molar-refractivity contribution in [1.82, 2.24) is 10.4 Å². The zero-order valence-electron chi connectivity index (χ0n) is 13.2. The van der Waals surface area contributed by atoms with E-state index in [-0.39, 0.29) is 11.9 Å². The van der Waals surface area contributed by atoms with Crippen LogP contribution in [0.5, 0.6) is 0 Å². The van der Waals surface area contributed by atoms with E-state index in [1.165, 1.54) is 7.11 Å². The molecule has 0 spiro atoms. The molecular weight excluding hydrogens is 272 g/mol. The van der Waals surface area contributed by atoms with Gasteiger partial charge in [-0.1, -0.05) is 0 Å². The Labute approximate surface area is 126 Å². The van der Waals surface area contributed by atoms with E-state index in [9.17, 15) is 9.59 Å². The summed E-state index contributed by atoms with van der Waals surface area (Å²) in [6.45, 7) is 6.74. The third-order valence-electron chi connectivity index (χ3n) is 4.92. The van der Waals surface area contributed by atoms with Gasteiger partial charge in [0.2, 0.25) is 0 Å². The lowest BCUT2D eigenvalue weighted by Crippen LogP contribution is -2.47. The Bertz CT molecular complexity index is 396. The van der Waals surface area contributed by atoms with Gasteiger partial charge in [-0.15, -0.1) is 5.06 Å². The smallest absolute Gasteiger partial charge is 0.330 e. The van der Waals surface area contributed by atoms with Crippen LogP contribution < -0.4 is 5.32 Å². The molecule has 2 aliphatic heterocycles. The van der Waals surface area contributed by atoms with Crippen molar-refractivity contribution in [2.24, 2.45) is 10.8 Å². The molecule has 0 radical (unpaired) electrons. The zero-order chi connectivity index (χ0) is 15.5. The molecule has 0 saturated carbocycles. The second kappa shape index (κ2) is 6.32. The van der Waals surface area contributed by atoms with E-state index in [2.05, 4.69) is 5.32 Å². The van der Waals surface area contributed by atoms with Gasteiger partial charge in [0.25, 0.3) is 0 Å². The first-order valence-corrected chi connectivity index (χ1v) is 7.66. The molecular formula is C15H26N2O4. The predicted octanol–water partition coefficient (Wildman–Crippen LogP) is 1.11. The van der Waals surface area contributed by atoms with Crippen molar-refractivity contribution < 1.29 is 19.2 Å². The second-order valence-electron chi connectivity index (χ2n) is 6.67. The minimum absolute atomic E-state index is 0.148. The fourth-order valence-corrected chi connectivity index (χ4v) is 2.93. The van der Waals surface area contributed by atoms with Crippen LogP contribution >= 0.6 is 0 Å². The van der Waals surface area contributed by atoms with E-state index >= 15 is 0 Å². The Morgan fingerprint density at radius 1 is 0.952 bits per heavy atom. The lowest BCUT2D eigenvalue weighted by atomic mass is 9.80. The van der Waals surface area contributed by atoms with Gasteiger partial charge in [-0.3, -0.25) is 4.79 Å². The summed E-state index contributed by atoms with van der Waals surface area (Å²) in [7, 11) is 1.41. The molecule has 0 amide bonds. The predicted molar refractivity (Wildman–Crippen MR) is 77.2 cm³/mol. The molecule has 6 heteroatoms. The molecule has 2 saturated heterocycles. The standard InChI is InChI=1S/C15H26N2O4/c1-14(4-8-16-9-5-14)13(19)21-17-10-6-15(2,7-11-17)12(18)20-3/h16H,4-11H2,1-3H3. The molecule has 2 aliphatic rings. The number of esters is 1. The highest BCUT2D eigenvalue weighted by Gasteiger charge is 2.41. The van der Waals surface area contributed by atoms with Crippen LogP contribution in [0.3, 0.4) is 0 Å². The minimum atomic E-state index is -0.462. The molecule has 0 aromatic heterocycles. The maximum Gasteiger partial charge on any atom is 0.330 e. The first kappa shape index (κ1) is 16.2. The average Bonchev–Trinajstić information content (AvgIpc) is 2.49. The molecule has 0 aromatic carbocycles. The molecule has 0 bridgehead atoms. The Morgan fingerprint density at radius 3 is 2.00 bits per heavy atom. The van der Waals surface area contributed by atoms with Crippen LogP contribution in [0, 0.1) is 10.8 Å². The van der Waals surface area contributed by atoms with Crippen molar-refractivity contribution in [3.63, 3.8) is 0 Å². The number of methoxy groups -OCH3 is 1. The molecule has 1 N–H and O–H groups in total. The molecule has 120 valence electrons. The number of nitrogens with one attached hydrogen (secondary N) is 1. The van der Waals surface area contributed by atoms with Gasteiger partial charge in [0.05, 0.1) is 17.9 Å². The van der Waals surface area contributed by atoms with Crippen LogP contribution in [0.25, 0.3) is 0 Å². The van der Waals surface area contributed by atoms with E-state index in [1.54, 1.807) is 5.06 Å². The highest BCUT2D eigenvalue weighted by atomic mass is 16.7. The van der Waals surface area contributed by atoms with Crippen LogP contribution in [0.4, 0.5) is 0 Å². The van der Waals surface area contributed by atoms with Crippen molar-refractivity contribution in [3.8, 4) is 0 Å². The van der Waals surface area contributed by atoms with Crippen molar-refractivity contribution >= 4 is 11.9 Å². The SMILES string of the molecule is COC(=O)C1(C)CCN(OC(=O)C2(C)CCNCC2)CC1. The number of rotatable bonds is 3. The van der Waals surface area contributed by atoms with Crippen LogP contribution in [0.1, 0.15) is 39.5 Å². The van der Waals surface area contributed by atoms with E-state index in [4.69, 9.17) is 9.57 Å². The zero-order valence-corrected chi connectivity index (χ0v) is 13.2. The quantitative estimate of drug-likeness (QED) is 0.787. The molecule has 0 aromatic rings. The Kier molecular flexibility index (Phi) is 4.88. The largest absolute Gasteiger partial charge is 0.469 e. The van der Waals surface area contributed by atoms with Gasteiger partial charge in [-0.05, 0) is 52.6 Å². The molecule has 21 heavy (non-hydrogen) atoms. The molecule has 0 aliphatic carbocycles. The van der Waals surface area contributed by atoms with Gasteiger partial charge < -0.3 is 14.9 Å². The van der Waals surface area contributed by atoms with Crippen LogP contribution in [-0.2, 0) is 19.2 Å². The van der Waals surface area contributed by atoms with Crippen molar-refractivity contribution in [1.29, 1.82) is 0 Å². The molecule has 2 heterocycles. The minimum Gasteiger partial charge on any atom is -0.469 e. The number of hydrogen-bond acceptors (Lipinski definition) is 6. The monoisotopic (exact) mass is 298 g/mol. The fourth-order valence-electron chi connectivity index (χ4n) is 2.93. The summed E-state index contributed by atoms with van der Waals surface area (Å²) in [6.07, 6.45) is 2.90. The maximum atomic E-state index is 12.4. The average molecular weight is 298 g/mol. The number of carbonyl (C=O) groups is 2. The summed E-state index contributed by atoms with van der Waals surface area (Å²) in [5, 5.41) is 4.95. The summed E-state index contributed by atoms with van der Waals surface area (Å²) in [5.41, 5.74) is -0.856. The van der Waals surface area contributed by atoms with Crippen LogP contribution in [-0.4, -0.2) is 50.3 Å². The van der Waals surface area contributed by atoms with Crippen molar-refractivity contribution in [3.05, 3.63) is 0 Å². The lowest BCUT2D eigenvalue weighted by Gasteiger charge is -2.38. The van der Waals surface area contributed by atoms with Gasteiger partial charge >= 0.3 is 11.9 Å². The highest BCUT2D eigenvalue weighted by molar-refractivity contribution is 5.77. The molecule has 6 nitrogen and oxygen atoms in total. The number of ether oxygens (including phenoxy) is 1. The first-order valence-electron chi connectivity index (χ1n) is 7.66. The van der Waals surface area contributed by atoms with Gasteiger partial charge in [0, 0.05) is 13.1 Å². The van der Waals surface area contributed by atoms with Gasteiger partial charge in [-0.2, -0.15) is 0 Å². The Balaban J connectivity index is 1.86. The first-order chi connectivity index (χ1) is 9.89. The van der Waals surface area contributed by atoms with Crippen molar-refractivity contribution in [2.45, 2.75) is 39.5 Å². The van der Waals surface area contributed by atoms with Crippen molar-refractivity contribution in [2.75, 3.05) is 33.3 Å². The topological polar surface area (TPSA) is 67.9 Å². The summed E-state index contributed by atoms with van der Waals surface area (Å²) < 4.78 is 4.85. The summed E-state index contributed by atoms with van der Waals surface area (Å²) >= 11 is 0. The summed E-state index contributed by atoms with van der Waals surface area (Å²) in [4.78, 5) is 29.7. The van der Waals surface area contributed by atoms with E-state index in [1.807, 2.05) is 13.8 Å². The fraction of sp³-hybridized carbons (Fsp3) is 0.867. The third-order valence-corrected chi connectivity index (χ3v) is 4.92. The van der Waals surface area contributed by atoms with Gasteiger partial charge in [0.1, 0.15) is 0 Å². The van der Waals surface area contributed by atoms with Gasteiger partial charge in [-0.25, -0.2) is 4.79 Å². The van der Waals surface area contributed by atoms with E-state index in [0.29, 0.717) is 25.9 Å². The molecule has 2 fully saturated rings. The van der Waals surface area contributed by atoms with Crippen LogP contribution in [0.2, 0.25) is 0 Å². The molecule has 0 atom stereocenters. The maximum absolute atomic E-state index is 12.4. The molecule has 0 unspecified atom stereocenters. The molecule has 2 rings (SSSR count). The Hall–Kier alpha value is -1.14. The Morgan fingerprint density at radius 2 is 1.48 bits per heavy atom. The number of piperidine rings is 2. The highest BCUT2D eigenvalue weighted by Crippen LogP contribution is 2.34. The summed E-state index contributed by atoms with van der Waals surface area (Å²) in [6, 6.07) is 0. The van der Waals surface area contributed by atoms with Gasteiger partial charge in [0.15, 0.2) is 0 Å². The third kappa shape index (κ3) is 3.55. The number of hydroxylamine groups is 2.